The molecule has 1 aromatic carbocycles. The van der Waals surface area contributed by atoms with Crippen molar-refractivity contribution in [2.75, 3.05) is 13.7 Å². The number of aromatic amines is 1. The molecule has 2 aromatic rings. The van der Waals surface area contributed by atoms with Gasteiger partial charge in [0.15, 0.2) is 0 Å². The topological polar surface area (TPSA) is 54.1 Å². The van der Waals surface area contributed by atoms with Crippen molar-refractivity contribution in [3.8, 4) is 0 Å². The van der Waals surface area contributed by atoms with Crippen LogP contribution in [-0.2, 0) is 11.3 Å². The second-order valence-corrected chi connectivity index (χ2v) is 6.20. The van der Waals surface area contributed by atoms with E-state index in [1.54, 1.807) is 0 Å². The Labute approximate surface area is 131 Å². The summed E-state index contributed by atoms with van der Waals surface area (Å²) in [6.45, 7) is 1.97. The Morgan fingerprint density at radius 3 is 2.91 bits per heavy atom. The number of aromatic nitrogens is 1. The van der Waals surface area contributed by atoms with E-state index in [0.29, 0.717) is 5.56 Å². The molecular weight excluding hydrogens is 276 g/mol. The maximum absolute atomic E-state index is 11.6. The van der Waals surface area contributed by atoms with Crippen LogP contribution >= 0.6 is 0 Å². The number of methoxy groups -OCH3 is 1. The Balaban J connectivity index is 1.63. The van der Waals surface area contributed by atoms with E-state index in [1.165, 1.54) is 50.2 Å². The molecule has 1 aliphatic carbocycles. The molecule has 0 spiro atoms. The zero-order chi connectivity index (χ0) is 15.4. The first-order chi connectivity index (χ1) is 10.8. The minimum atomic E-state index is -0.298. The third-order valence-electron chi connectivity index (χ3n) is 4.66. The first-order valence-electron chi connectivity index (χ1n) is 8.17. The van der Waals surface area contributed by atoms with Crippen molar-refractivity contribution in [2.24, 2.45) is 5.92 Å². The summed E-state index contributed by atoms with van der Waals surface area (Å²) in [4.78, 5) is 14.8. The van der Waals surface area contributed by atoms with E-state index in [1.807, 2.05) is 24.4 Å². The van der Waals surface area contributed by atoms with E-state index < -0.39 is 0 Å². The minimum absolute atomic E-state index is 0.298. The Hall–Kier alpha value is -1.81. The van der Waals surface area contributed by atoms with Gasteiger partial charge in [-0.05, 0) is 43.0 Å². The van der Waals surface area contributed by atoms with Gasteiger partial charge in [0, 0.05) is 23.6 Å². The maximum Gasteiger partial charge on any atom is 0.337 e. The summed E-state index contributed by atoms with van der Waals surface area (Å²) in [5, 5.41) is 4.76. The molecule has 3 rings (SSSR count). The Morgan fingerprint density at radius 1 is 1.32 bits per heavy atom. The smallest absolute Gasteiger partial charge is 0.337 e. The van der Waals surface area contributed by atoms with Crippen molar-refractivity contribution < 1.29 is 9.53 Å². The normalized spacial score (nSPS) is 16.0. The molecule has 4 nitrogen and oxygen atoms in total. The molecule has 0 radical (unpaired) electrons. The van der Waals surface area contributed by atoms with Crippen LogP contribution in [0, 0.1) is 5.92 Å². The third kappa shape index (κ3) is 3.33. The highest BCUT2D eigenvalue weighted by Crippen LogP contribution is 2.23. The van der Waals surface area contributed by atoms with Crippen molar-refractivity contribution in [1.82, 2.24) is 10.3 Å². The van der Waals surface area contributed by atoms with E-state index in [-0.39, 0.29) is 5.97 Å². The Morgan fingerprint density at radius 2 is 2.14 bits per heavy atom. The minimum Gasteiger partial charge on any atom is -0.465 e. The van der Waals surface area contributed by atoms with Crippen molar-refractivity contribution in [3.05, 3.63) is 35.5 Å². The summed E-state index contributed by atoms with van der Waals surface area (Å²) < 4.78 is 4.76. The van der Waals surface area contributed by atoms with Gasteiger partial charge >= 0.3 is 5.97 Å². The van der Waals surface area contributed by atoms with Gasteiger partial charge in [0.05, 0.1) is 12.7 Å². The fourth-order valence-corrected chi connectivity index (χ4v) is 3.38. The molecule has 0 saturated heterocycles. The molecule has 0 unspecified atom stereocenters. The third-order valence-corrected chi connectivity index (χ3v) is 4.66. The van der Waals surface area contributed by atoms with Gasteiger partial charge in [0.2, 0.25) is 0 Å². The fraction of sp³-hybridized carbons (Fsp3) is 0.500. The molecule has 1 saturated carbocycles. The summed E-state index contributed by atoms with van der Waals surface area (Å²) in [5.74, 6) is 0.540. The van der Waals surface area contributed by atoms with Gasteiger partial charge in [-0.15, -0.1) is 0 Å². The molecule has 22 heavy (non-hydrogen) atoms. The number of carbonyl (C=O) groups excluding carboxylic acids is 1. The summed E-state index contributed by atoms with van der Waals surface area (Å²) in [5.41, 5.74) is 2.82. The first kappa shape index (κ1) is 15.1. The summed E-state index contributed by atoms with van der Waals surface area (Å²) in [6.07, 6.45) is 8.93. The summed E-state index contributed by atoms with van der Waals surface area (Å²) >= 11 is 0. The van der Waals surface area contributed by atoms with Crippen molar-refractivity contribution in [2.45, 2.75) is 38.6 Å². The van der Waals surface area contributed by atoms with Crippen molar-refractivity contribution >= 4 is 16.9 Å². The van der Waals surface area contributed by atoms with Crippen molar-refractivity contribution in [1.29, 1.82) is 0 Å². The second kappa shape index (κ2) is 6.97. The first-order valence-corrected chi connectivity index (χ1v) is 8.17. The zero-order valence-corrected chi connectivity index (χ0v) is 13.2. The monoisotopic (exact) mass is 300 g/mol. The van der Waals surface area contributed by atoms with Crippen LogP contribution in [0.2, 0.25) is 0 Å². The molecule has 0 bridgehead atoms. The number of nitrogens with one attached hydrogen (secondary N) is 2. The zero-order valence-electron chi connectivity index (χ0n) is 13.2. The lowest BCUT2D eigenvalue weighted by atomic mass is 9.89. The van der Waals surface area contributed by atoms with Gasteiger partial charge in [0.1, 0.15) is 0 Å². The van der Waals surface area contributed by atoms with Crippen LogP contribution in [0.1, 0.15) is 48.0 Å². The lowest BCUT2D eigenvalue weighted by Crippen LogP contribution is -2.24. The number of H-pyrrole nitrogens is 1. The molecule has 2 N–H and O–H groups in total. The molecular formula is C18H24N2O2. The van der Waals surface area contributed by atoms with Crippen molar-refractivity contribution in [3.63, 3.8) is 0 Å². The lowest BCUT2D eigenvalue weighted by molar-refractivity contribution is 0.0601. The van der Waals surface area contributed by atoms with Crippen LogP contribution in [0.15, 0.2) is 24.4 Å². The number of benzene rings is 1. The maximum atomic E-state index is 11.6. The number of rotatable bonds is 5. The standard InChI is InChI=1S/C18H24N2O2/c1-22-18(21)14-7-8-16-15(12-20-17(16)9-14)11-19-10-13-5-3-2-4-6-13/h7-9,12-13,19-20H,2-6,10-11H2,1H3. The van der Waals surface area contributed by atoms with Crippen LogP contribution in [0.3, 0.4) is 0 Å². The Bertz CT molecular complexity index is 642. The highest BCUT2D eigenvalue weighted by molar-refractivity contribution is 5.95. The quantitative estimate of drug-likeness (QED) is 0.829. The molecule has 1 fully saturated rings. The summed E-state index contributed by atoms with van der Waals surface area (Å²) in [6, 6.07) is 5.67. The van der Waals surface area contributed by atoms with Gasteiger partial charge in [-0.3, -0.25) is 0 Å². The Kier molecular flexibility index (Phi) is 4.78. The van der Waals surface area contributed by atoms with Crippen LogP contribution < -0.4 is 5.32 Å². The number of carbonyl (C=O) groups is 1. The molecule has 0 atom stereocenters. The fourth-order valence-electron chi connectivity index (χ4n) is 3.38. The SMILES string of the molecule is COC(=O)c1ccc2c(CNCC3CCCCC3)c[nH]c2c1. The van der Waals surface area contributed by atoms with E-state index in [9.17, 15) is 4.79 Å². The van der Waals surface area contributed by atoms with Gasteiger partial charge in [-0.25, -0.2) is 4.79 Å². The molecule has 0 aliphatic heterocycles. The highest BCUT2D eigenvalue weighted by Gasteiger charge is 2.13. The van der Waals surface area contributed by atoms with Crippen LogP contribution in [0.5, 0.6) is 0 Å². The van der Waals surface area contributed by atoms with E-state index in [4.69, 9.17) is 4.74 Å². The van der Waals surface area contributed by atoms with Crippen LogP contribution in [0.25, 0.3) is 10.9 Å². The second-order valence-electron chi connectivity index (χ2n) is 6.20. The average molecular weight is 300 g/mol. The predicted octanol–water partition coefficient (Wildman–Crippen LogP) is 3.62. The molecule has 0 amide bonds. The summed E-state index contributed by atoms with van der Waals surface area (Å²) in [7, 11) is 1.40. The molecule has 4 heteroatoms. The van der Waals surface area contributed by atoms with Crippen LogP contribution in [-0.4, -0.2) is 24.6 Å². The number of hydrogen-bond donors (Lipinski definition) is 2. The predicted molar refractivity (Wildman–Crippen MR) is 87.9 cm³/mol. The number of esters is 1. The number of hydrogen-bond acceptors (Lipinski definition) is 3. The van der Waals surface area contributed by atoms with Crippen LogP contribution in [0.4, 0.5) is 0 Å². The largest absolute Gasteiger partial charge is 0.465 e. The van der Waals surface area contributed by atoms with E-state index in [2.05, 4.69) is 10.3 Å². The number of ether oxygens (including phenoxy) is 1. The van der Waals surface area contributed by atoms with E-state index in [0.717, 1.165) is 24.5 Å². The van der Waals surface area contributed by atoms with Gasteiger partial charge < -0.3 is 15.0 Å². The molecule has 1 aliphatic rings. The van der Waals surface area contributed by atoms with Gasteiger partial charge in [-0.1, -0.05) is 25.3 Å². The van der Waals surface area contributed by atoms with Gasteiger partial charge in [-0.2, -0.15) is 0 Å². The highest BCUT2D eigenvalue weighted by atomic mass is 16.5. The molecule has 1 aromatic heterocycles. The average Bonchev–Trinajstić information content (AvgIpc) is 2.97. The van der Waals surface area contributed by atoms with E-state index >= 15 is 0 Å². The van der Waals surface area contributed by atoms with Gasteiger partial charge in [0.25, 0.3) is 0 Å². The molecule has 118 valence electrons. The number of fused-ring (bicyclic) bond motifs is 1. The lowest BCUT2D eigenvalue weighted by Gasteiger charge is -2.21. The molecule has 1 heterocycles.